The standard InChI is InChI=1S/C21H20ClF3N4OS/c1-10(13-8-11-4-5-12(13)7-11)26-20(30)18-17(22)19-27-14(15-3-2-6-31-15)9-16(21(23,24)25)29(19)28-18/h2-3,6,9-13H,4-5,7-8H2,1H3,(H,26,30)/t10-,11-,12-,13-/m1/s1. The first-order valence-electron chi connectivity index (χ1n) is 10.2. The molecule has 5 nitrogen and oxygen atoms in total. The van der Waals surface area contributed by atoms with Crippen LogP contribution in [0.4, 0.5) is 13.2 Å². The van der Waals surface area contributed by atoms with E-state index >= 15 is 0 Å². The predicted octanol–water partition coefficient (Wildman–Crippen LogP) is 5.68. The highest BCUT2D eigenvalue weighted by Crippen LogP contribution is 2.49. The minimum atomic E-state index is -4.69. The Balaban J connectivity index is 1.50. The molecule has 2 bridgehead atoms. The summed E-state index contributed by atoms with van der Waals surface area (Å²) in [6.45, 7) is 1.95. The maximum absolute atomic E-state index is 13.8. The van der Waals surface area contributed by atoms with Gasteiger partial charge in [-0.1, -0.05) is 24.1 Å². The van der Waals surface area contributed by atoms with Gasteiger partial charge in [0.1, 0.15) is 5.02 Å². The van der Waals surface area contributed by atoms with Gasteiger partial charge in [0.05, 0.1) is 10.6 Å². The number of carbonyl (C=O) groups excluding carboxylic acids is 1. The molecule has 164 valence electrons. The molecule has 0 aromatic carbocycles. The Labute approximate surface area is 185 Å². The van der Waals surface area contributed by atoms with Crippen LogP contribution in [0.3, 0.4) is 0 Å². The first-order chi connectivity index (χ1) is 14.7. The monoisotopic (exact) mass is 468 g/mol. The number of amides is 1. The largest absolute Gasteiger partial charge is 0.433 e. The third kappa shape index (κ3) is 3.61. The molecule has 2 fully saturated rings. The number of nitrogens with zero attached hydrogens (tertiary/aromatic N) is 3. The van der Waals surface area contributed by atoms with Crippen LogP contribution in [0.5, 0.6) is 0 Å². The quantitative estimate of drug-likeness (QED) is 0.535. The second kappa shape index (κ2) is 7.48. The summed E-state index contributed by atoms with van der Waals surface area (Å²) < 4.78 is 41.9. The van der Waals surface area contributed by atoms with Gasteiger partial charge in [-0.15, -0.1) is 11.3 Å². The van der Waals surface area contributed by atoms with E-state index in [1.165, 1.54) is 30.6 Å². The van der Waals surface area contributed by atoms with Crippen molar-refractivity contribution in [2.75, 3.05) is 0 Å². The molecule has 0 saturated heterocycles. The molecule has 0 unspecified atom stereocenters. The van der Waals surface area contributed by atoms with Crippen molar-refractivity contribution < 1.29 is 18.0 Å². The van der Waals surface area contributed by atoms with Gasteiger partial charge >= 0.3 is 6.18 Å². The minimum Gasteiger partial charge on any atom is -0.348 e. The van der Waals surface area contributed by atoms with Gasteiger partial charge in [0.15, 0.2) is 17.0 Å². The zero-order valence-electron chi connectivity index (χ0n) is 16.6. The number of fused-ring (bicyclic) bond motifs is 3. The zero-order chi connectivity index (χ0) is 21.9. The summed E-state index contributed by atoms with van der Waals surface area (Å²) in [6.07, 6.45) is 0.0135. The minimum absolute atomic E-state index is 0.0968. The van der Waals surface area contributed by atoms with Gasteiger partial charge < -0.3 is 5.32 Å². The molecule has 0 aliphatic heterocycles. The Kier molecular flexibility index (Phi) is 5.01. The second-order valence-corrected chi connectivity index (χ2v) is 9.83. The molecule has 0 spiro atoms. The van der Waals surface area contributed by atoms with Crippen LogP contribution in [0.1, 0.15) is 48.8 Å². The van der Waals surface area contributed by atoms with Crippen LogP contribution in [0.15, 0.2) is 23.6 Å². The van der Waals surface area contributed by atoms with Crippen molar-refractivity contribution >= 4 is 34.5 Å². The van der Waals surface area contributed by atoms with E-state index in [9.17, 15) is 18.0 Å². The van der Waals surface area contributed by atoms with Crippen LogP contribution in [-0.2, 0) is 6.18 Å². The summed E-state index contributed by atoms with van der Waals surface area (Å²) in [5, 5.41) is 8.41. The summed E-state index contributed by atoms with van der Waals surface area (Å²) >= 11 is 7.61. The lowest BCUT2D eigenvalue weighted by Crippen LogP contribution is -2.40. The Hall–Kier alpha value is -2.13. The van der Waals surface area contributed by atoms with Crippen LogP contribution in [-0.4, -0.2) is 26.5 Å². The molecule has 2 aliphatic rings. The lowest BCUT2D eigenvalue weighted by molar-refractivity contribution is -0.142. The van der Waals surface area contributed by atoms with E-state index in [0.29, 0.717) is 21.2 Å². The molecule has 5 rings (SSSR count). The summed E-state index contributed by atoms with van der Waals surface area (Å²) in [5.41, 5.74) is -1.31. The van der Waals surface area contributed by atoms with Gasteiger partial charge in [0.25, 0.3) is 5.91 Å². The fourth-order valence-electron chi connectivity index (χ4n) is 5.18. The van der Waals surface area contributed by atoms with Crippen molar-refractivity contribution in [2.24, 2.45) is 17.8 Å². The van der Waals surface area contributed by atoms with Crippen molar-refractivity contribution in [1.29, 1.82) is 0 Å². The highest BCUT2D eigenvalue weighted by Gasteiger charge is 2.42. The van der Waals surface area contributed by atoms with Gasteiger partial charge in [0.2, 0.25) is 0 Å². The van der Waals surface area contributed by atoms with E-state index in [1.54, 1.807) is 17.5 Å². The molecule has 3 aromatic heterocycles. The number of halogens is 4. The smallest absolute Gasteiger partial charge is 0.348 e. The fraction of sp³-hybridized carbons (Fsp3) is 0.476. The average molecular weight is 469 g/mol. The van der Waals surface area contributed by atoms with Crippen molar-refractivity contribution in [1.82, 2.24) is 19.9 Å². The SMILES string of the molecule is C[C@@H](NC(=O)c1nn2c(C(F)(F)F)cc(-c3cccs3)nc2c1Cl)[C@H]1C[C@@H]2CC[C@@H]1C2. The molecule has 1 amide bonds. The van der Waals surface area contributed by atoms with Crippen molar-refractivity contribution in [2.45, 2.75) is 44.8 Å². The van der Waals surface area contributed by atoms with Crippen LogP contribution in [0, 0.1) is 17.8 Å². The fourth-order valence-corrected chi connectivity index (χ4v) is 6.11. The molecule has 1 N–H and O–H groups in total. The van der Waals surface area contributed by atoms with E-state index in [2.05, 4.69) is 15.4 Å². The van der Waals surface area contributed by atoms with Gasteiger partial charge in [-0.3, -0.25) is 4.79 Å². The first-order valence-corrected chi connectivity index (χ1v) is 11.5. The molecule has 0 radical (unpaired) electrons. The van der Waals surface area contributed by atoms with Crippen molar-refractivity contribution in [3.63, 3.8) is 0 Å². The van der Waals surface area contributed by atoms with Gasteiger partial charge in [-0.2, -0.15) is 18.3 Å². The van der Waals surface area contributed by atoms with E-state index < -0.39 is 17.8 Å². The maximum atomic E-state index is 13.8. The van der Waals surface area contributed by atoms with E-state index in [-0.39, 0.29) is 28.1 Å². The molecule has 2 aliphatic carbocycles. The third-order valence-corrected chi connectivity index (χ3v) is 7.85. The number of rotatable bonds is 4. The topological polar surface area (TPSA) is 59.3 Å². The van der Waals surface area contributed by atoms with E-state index in [1.807, 2.05) is 6.92 Å². The molecule has 3 aromatic rings. The molecule has 2 saturated carbocycles. The zero-order valence-corrected chi connectivity index (χ0v) is 18.2. The molecular formula is C21H20ClF3N4OS. The Morgan fingerprint density at radius 2 is 2.16 bits per heavy atom. The normalized spacial score (nSPS) is 24.1. The average Bonchev–Trinajstić information content (AvgIpc) is 3.51. The molecule has 3 heterocycles. The third-order valence-electron chi connectivity index (χ3n) is 6.61. The first kappa shape index (κ1) is 20.8. The second-order valence-electron chi connectivity index (χ2n) is 8.50. The highest BCUT2D eigenvalue weighted by atomic mass is 35.5. The maximum Gasteiger partial charge on any atom is 0.433 e. The summed E-state index contributed by atoms with van der Waals surface area (Å²) in [5.74, 6) is 1.13. The molecule has 4 atom stereocenters. The predicted molar refractivity (Wildman–Crippen MR) is 112 cm³/mol. The van der Waals surface area contributed by atoms with Crippen molar-refractivity contribution in [3.05, 3.63) is 40.0 Å². The summed E-state index contributed by atoms with van der Waals surface area (Å²) in [6, 6.07) is 4.24. The molecular weight excluding hydrogens is 449 g/mol. The van der Waals surface area contributed by atoms with E-state index in [4.69, 9.17) is 11.6 Å². The number of aromatic nitrogens is 3. The molecule has 10 heteroatoms. The number of carbonyl (C=O) groups is 1. The lowest BCUT2D eigenvalue weighted by Gasteiger charge is -2.28. The Morgan fingerprint density at radius 1 is 1.35 bits per heavy atom. The van der Waals surface area contributed by atoms with Crippen LogP contribution >= 0.6 is 22.9 Å². The Bertz CT molecular complexity index is 1140. The van der Waals surface area contributed by atoms with Crippen LogP contribution in [0.2, 0.25) is 5.02 Å². The van der Waals surface area contributed by atoms with Gasteiger partial charge in [-0.25, -0.2) is 9.50 Å². The Morgan fingerprint density at radius 3 is 2.77 bits per heavy atom. The van der Waals surface area contributed by atoms with Crippen LogP contribution in [0.25, 0.3) is 16.2 Å². The number of thiophene rings is 1. The number of hydrogen-bond donors (Lipinski definition) is 1. The highest BCUT2D eigenvalue weighted by molar-refractivity contribution is 7.13. The van der Waals surface area contributed by atoms with Gasteiger partial charge in [-0.05, 0) is 61.5 Å². The summed E-state index contributed by atoms with van der Waals surface area (Å²) in [7, 11) is 0. The summed E-state index contributed by atoms with van der Waals surface area (Å²) in [4.78, 5) is 17.8. The molecule has 31 heavy (non-hydrogen) atoms. The van der Waals surface area contributed by atoms with Crippen LogP contribution < -0.4 is 5.32 Å². The number of nitrogens with one attached hydrogen (secondary N) is 1. The lowest BCUT2D eigenvalue weighted by atomic mass is 9.84. The number of alkyl halides is 3. The van der Waals surface area contributed by atoms with Gasteiger partial charge in [0, 0.05) is 6.04 Å². The van der Waals surface area contributed by atoms with Crippen molar-refractivity contribution in [3.8, 4) is 10.6 Å². The van der Waals surface area contributed by atoms with E-state index in [0.717, 1.165) is 18.4 Å². The number of hydrogen-bond acceptors (Lipinski definition) is 4.